The molecule has 2 aromatic rings. The van der Waals surface area contributed by atoms with E-state index in [9.17, 15) is 14.7 Å². The van der Waals surface area contributed by atoms with Crippen LogP contribution in [0.25, 0.3) is 5.57 Å². The number of carbonyl (C=O) groups is 2. The lowest BCUT2D eigenvalue weighted by molar-refractivity contribution is -0.110. The van der Waals surface area contributed by atoms with Crippen LogP contribution in [0.4, 0.5) is 11.5 Å². The number of benzene rings is 1. The van der Waals surface area contributed by atoms with Gasteiger partial charge in [-0.05, 0) is 37.4 Å². The number of aromatic hydroxyl groups is 1. The van der Waals surface area contributed by atoms with Crippen molar-refractivity contribution < 1.29 is 14.7 Å². The van der Waals surface area contributed by atoms with Gasteiger partial charge in [0.15, 0.2) is 5.78 Å². The Labute approximate surface area is 156 Å². The van der Waals surface area contributed by atoms with Gasteiger partial charge in [-0.1, -0.05) is 6.07 Å². The lowest BCUT2D eigenvalue weighted by Crippen LogP contribution is -2.44. The Morgan fingerprint density at radius 1 is 1.19 bits per heavy atom. The van der Waals surface area contributed by atoms with Crippen molar-refractivity contribution in [2.45, 2.75) is 0 Å². The van der Waals surface area contributed by atoms with Gasteiger partial charge in [0, 0.05) is 37.9 Å². The van der Waals surface area contributed by atoms with Crippen LogP contribution in [-0.2, 0) is 4.79 Å². The summed E-state index contributed by atoms with van der Waals surface area (Å²) in [7, 11) is 2.09. The van der Waals surface area contributed by atoms with Crippen LogP contribution in [-0.4, -0.2) is 59.9 Å². The summed E-state index contributed by atoms with van der Waals surface area (Å²) >= 11 is 0. The maximum Gasteiger partial charge on any atom is 0.256 e. The number of amides is 1. The Morgan fingerprint density at radius 3 is 2.67 bits per heavy atom. The number of carbonyl (C=O) groups excluding carboxylic acids is 2. The van der Waals surface area contributed by atoms with Crippen molar-refractivity contribution >= 4 is 28.8 Å². The van der Waals surface area contributed by atoms with Gasteiger partial charge in [-0.15, -0.1) is 0 Å². The van der Waals surface area contributed by atoms with Crippen molar-refractivity contribution in [2.24, 2.45) is 0 Å². The van der Waals surface area contributed by atoms with Crippen molar-refractivity contribution in [1.29, 1.82) is 0 Å². The minimum absolute atomic E-state index is 0.0339. The van der Waals surface area contributed by atoms with Gasteiger partial charge in [0.1, 0.15) is 11.6 Å². The van der Waals surface area contributed by atoms with E-state index in [4.69, 9.17) is 0 Å². The molecule has 1 aromatic carbocycles. The molecule has 3 heterocycles. The summed E-state index contributed by atoms with van der Waals surface area (Å²) in [6.07, 6.45) is 2.79. The highest BCUT2D eigenvalue weighted by Gasteiger charge is 2.28. The van der Waals surface area contributed by atoms with E-state index in [1.54, 1.807) is 18.2 Å². The van der Waals surface area contributed by atoms with Crippen molar-refractivity contribution in [3.8, 4) is 5.75 Å². The summed E-state index contributed by atoms with van der Waals surface area (Å²) in [5, 5.41) is 12.7. The molecule has 0 atom stereocenters. The van der Waals surface area contributed by atoms with Gasteiger partial charge >= 0.3 is 0 Å². The van der Waals surface area contributed by atoms with Gasteiger partial charge in [-0.2, -0.15) is 0 Å². The third-order valence-corrected chi connectivity index (χ3v) is 4.94. The molecule has 2 N–H and O–H groups in total. The van der Waals surface area contributed by atoms with Crippen molar-refractivity contribution in [3.63, 3.8) is 0 Å². The summed E-state index contributed by atoms with van der Waals surface area (Å²) < 4.78 is 0. The van der Waals surface area contributed by atoms with Crippen LogP contribution in [0, 0.1) is 0 Å². The van der Waals surface area contributed by atoms with E-state index in [0.29, 0.717) is 16.8 Å². The second-order valence-corrected chi connectivity index (χ2v) is 6.77. The van der Waals surface area contributed by atoms with E-state index in [0.717, 1.165) is 32.0 Å². The number of nitrogens with one attached hydrogen (secondary N) is 1. The molecular formula is C20H20N4O3. The molecule has 4 rings (SSSR count). The zero-order chi connectivity index (χ0) is 19.0. The van der Waals surface area contributed by atoms with Gasteiger partial charge in [0.25, 0.3) is 5.91 Å². The van der Waals surface area contributed by atoms with Crippen molar-refractivity contribution in [3.05, 3.63) is 53.7 Å². The van der Waals surface area contributed by atoms with E-state index < -0.39 is 5.91 Å². The number of piperazine rings is 1. The van der Waals surface area contributed by atoms with Crippen LogP contribution in [0.2, 0.25) is 0 Å². The standard InChI is InChI=1S/C20H20N4O3/c1-23-7-9-24(10-8-23)18-6-5-13(12-21-18)17(26)11-14-19-15(22-20(14)27)3-2-4-16(19)25/h2-6,11-12,25H,7-10H2,1H3,(H,22,27). The van der Waals surface area contributed by atoms with Gasteiger partial charge in [0.05, 0.1) is 16.8 Å². The first-order valence-electron chi connectivity index (χ1n) is 8.82. The summed E-state index contributed by atoms with van der Waals surface area (Å²) in [6.45, 7) is 3.76. The lowest BCUT2D eigenvalue weighted by Gasteiger charge is -2.33. The number of likely N-dealkylation sites (N-methyl/N-ethyl adjacent to an activating group) is 1. The molecule has 0 radical (unpaired) electrons. The fourth-order valence-corrected chi connectivity index (χ4v) is 3.34. The number of pyridine rings is 1. The number of hydrogen-bond donors (Lipinski definition) is 2. The molecule has 0 aliphatic carbocycles. The van der Waals surface area contributed by atoms with Gasteiger partial charge < -0.3 is 20.2 Å². The van der Waals surface area contributed by atoms with Crippen LogP contribution in [0.3, 0.4) is 0 Å². The summed E-state index contributed by atoms with van der Waals surface area (Å²) in [4.78, 5) is 33.6. The van der Waals surface area contributed by atoms with Crippen molar-refractivity contribution in [1.82, 2.24) is 9.88 Å². The van der Waals surface area contributed by atoms with E-state index in [1.807, 2.05) is 6.07 Å². The Bertz CT molecular complexity index is 929. The fraction of sp³-hybridized carbons (Fsp3) is 0.250. The van der Waals surface area contributed by atoms with Crippen LogP contribution in [0.5, 0.6) is 5.75 Å². The molecule has 1 saturated heterocycles. The number of phenols is 1. The molecular weight excluding hydrogens is 344 g/mol. The van der Waals surface area contributed by atoms with Gasteiger partial charge in [-0.3, -0.25) is 9.59 Å². The number of anilines is 2. The number of fused-ring (bicyclic) bond motifs is 1. The average Bonchev–Trinajstić information content (AvgIpc) is 2.99. The predicted molar refractivity (Wildman–Crippen MR) is 103 cm³/mol. The number of nitrogens with zero attached hydrogens (tertiary/aromatic N) is 3. The smallest absolute Gasteiger partial charge is 0.256 e. The molecule has 0 unspecified atom stereocenters. The lowest BCUT2D eigenvalue weighted by atomic mass is 10.0. The number of aromatic nitrogens is 1. The van der Waals surface area contributed by atoms with Crippen molar-refractivity contribution in [2.75, 3.05) is 43.4 Å². The molecule has 7 nitrogen and oxygen atoms in total. The van der Waals surface area contributed by atoms with E-state index >= 15 is 0 Å². The quantitative estimate of drug-likeness (QED) is 0.638. The second kappa shape index (κ2) is 6.85. The summed E-state index contributed by atoms with van der Waals surface area (Å²) in [5.41, 5.74) is 1.42. The monoisotopic (exact) mass is 364 g/mol. The first-order chi connectivity index (χ1) is 13.0. The summed E-state index contributed by atoms with van der Waals surface area (Å²) in [5.74, 6) is 0.0814. The third kappa shape index (κ3) is 3.29. The highest BCUT2D eigenvalue weighted by molar-refractivity contribution is 6.35. The van der Waals surface area contributed by atoms with E-state index in [2.05, 4.69) is 27.1 Å². The van der Waals surface area contributed by atoms with E-state index in [1.165, 1.54) is 18.3 Å². The number of allylic oxidation sites excluding steroid dienone is 1. The first-order valence-corrected chi connectivity index (χ1v) is 8.82. The maximum atomic E-state index is 12.6. The zero-order valence-electron chi connectivity index (χ0n) is 15.0. The van der Waals surface area contributed by atoms with Crippen LogP contribution in [0.1, 0.15) is 15.9 Å². The molecule has 27 heavy (non-hydrogen) atoms. The Balaban J connectivity index is 1.56. The molecule has 0 spiro atoms. The molecule has 2 aliphatic rings. The highest BCUT2D eigenvalue weighted by Crippen LogP contribution is 2.38. The normalized spacial score (nSPS) is 18.5. The molecule has 0 bridgehead atoms. The van der Waals surface area contributed by atoms with Crippen LogP contribution < -0.4 is 10.2 Å². The predicted octanol–water partition coefficient (Wildman–Crippen LogP) is 1.76. The zero-order valence-corrected chi connectivity index (χ0v) is 15.0. The minimum atomic E-state index is -0.401. The SMILES string of the molecule is CN1CCN(c2ccc(C(=O)C=C3C(=O)Nc4cccc(O)c43)cn2)CC1. The topological polar surface area (TPSA) is 85.8 Å². The Morgan fingerprint density at radius 2 is 1.96 bits per heavy atom. The molecule has 1 amide bonds. The molecule has 1 fully saturated rings. The Hall–Kier alpha value is -3.19. The maximum absolute atomic E-state index is 12.6. The van der Waals surface area contributed by atoms with Gasteiger partial charge in [-0.25, -0.2) is 4.98 Å². The average molecular weight is 364 g/mol. The molecule has 7 heteroatoms. The molecule has 138 valence electrons. The van der Waals surface area contributed by atoms with Crippen LogP contribution >= 0.6 is 0 Å². The highest BCUT2D eigenvalue weighted by atomic mass is 16.3. The molecule has 0 saturated carbocycles. The van der Waals surface area contributed by atoms with Crippen LogP contribution in [0.15, 0.2) is 42.6 Å². The molecule has 2 aliphatic heterocycles. The molecule has 1 aromatic heterocycles. The second-order valence-electron chi connectivity index (χ2n) is 6.77. The van der Waals surface area contributed by atoms with E-state index in [-0.39, 0.29) is 17.1 Å². The fourth-order valence-electron chi connectivity index (χ4n) is 3.34. The third-order valence-electron chi connectivity index (χ3n) is 4.94. The first kappa shape index (κ1) is 17.2. The largest absolute Gasteiger partial charge is 0.507 e. The van der Waals surface area contributed by atoms with Gasteiger partial charge in [0.2, 0.25) is 0 Å². The Kier molecular flexibility index (Phi) is 4.37. The number of phenolic OH excluding ortho intramolecular Hbond substituents is 1. The number of ketones is 1. The number of hydrogen-bond acceptors (Lipinski definition) is 6. The minimum Gasteiger partial charge on any atom is -0.507 e. The summed E-state index contributed by atoms with van der Waals surface area (Å²) in [6, 6.07) is 8.37. The number of rotatable bonds is 3.